The van der Waals surface area contributed by atoms with Crippen molar-refractivity contribution in [3.05, 3.63) is 42.2 Å². The van der Waals surface area contributed by atoms with Crippen LogP contribution in [-0.2, 0) is 7.05 Å². The van der Waals surface area contributed by atoms with E-state index in [9.17, 15) is 0 Å². The minimum absolute atomic E-state index is 0.704. The fourth-order valence-corrected chi connectivity index (χ4v) is 5.35. The highest BCUT2D eigenvalue weighted by atomic mass is 15.1. The smallest absolute Gasteiger partial charge is 0.0519 e. The first-order valence-corrected chi connectivity index (χ1v) is 11.0. The largest absolute Gasteiger partial charge is 0.344 e. The van der Waals surface area contributed by atoms with E-state index in [0.717, 1.165) is 5.92 Å². The van der Waals surface area contributed by atoms with Crippen LogP contribution >= 0.6 is 0 Å². The molecule has 2 aliphatic heterocycles. The molecular weight excluding hydrogens is 344 g/mol. The van der Waals surface area contributed by atoms with Crippen molar-refractivity contribution in [2.75, 3.05) is 32.7 Å². The van der Waals surface area contributed by atoms with E-state index in [-0.39, 0.29) is 0 Å². The molecule has 2 aliphatic rings. The van der Waals surface area contributed by atoms with E-state index < -0.39 is 0 Å². The lowest BCUT2D eigenvalue weighted by molar-refractivity contribution is 0.191. The number of piperidine rings is 2. The number of aromatic nitrogens is 2. The number of rotatable bonds is 4. The third-order valence-electron chi connectivity index (χ3n) is 7.20. The van der Waals surface area contributed by atoms with Gasteiger partial charge in [0.05, 0.1) is 5.52 Å². The Balaban J connectivity index is 1.25. The monoisotopic (exact) mass is 376 g/mol. The molecule has 4 heterocycles. The molecule has 0 saturated carbocycles. The Hall–Kier alpha value is -1.91. The van der Waals surface area contributed by atoms with E-state index in [4.69, 9.17) is 0 Å². The first-order chi connectivity index (χ1) is 13.8. The fourth-order valence-electron chi connectivity index (χ4n) is 5.35. The van der Waals surface area contributed by atoms with Crippen molar-refractivity contribution < 1.29 is 0 Å². The Bertz CT molecular complexity index is 946. The van der Waals surface area contributed by atoms with Crippen molar-refractivity contribution in [2.24, 2.45) is 13.0 Å². The van der Waals surface area contributed by atoms with Crippen LogP contribution in [-0.4, -0.2) is 47.2 Å². The zero-order chi connectivity index (χ0) is 18.9. The van der Waals surface area contributed by atoms with Gasteiger partial charge in [0.15, 0.2) is 0 Å². The van der Waals surface area contributed by atoms with Crippen molar-refractivity contribution in [1.82, 2.24) is 19.8 Å². The van der Waals surface area contributed by atoms with E-state index in [2.05, 4.69) is 51.1 Å². The molecule has 28 heavy (non-hydrogen) atoms. The number of likely N-dealkylation sites (tertiary alicyclic amines) is 1. The van der Waals surface area contributed by atoms with Gasteiger partial charge in [0.2, 0.25) is 0 Å². The van der Waals surface area contributed by atoms with Gasteiger partial charge in [-0.25, -0.2) is 0 Å². The molecule has 3 aromatic rings. The van der Waals surface area contributed by atoms with Gasteiger partial charge in [0.1, 0.15) is 0 Å². The number of nitrogens with one attached hydrogen (secondary N) is 1. The number of hydrogen-bond donors (Lipinski definition) is 1. The Morgan fingerprint density at radius 1 is 1.00 bits per heavy atom. The van der Waals surface area contributed by atoms with Crippen molar-refractivity contribution in [3.8, 4) is 0 Å². The van der Waals surface area contributed by atoms with E-state index in [1.54, 1.807) is 0 Å². The predicted molar refractivity (Wildman–Crippen MR) is 117 cm³/mol. The molecule has 148 valence electrons. The second-order valence-electron chi connectivity index (χ2n) is 8.83. The third-order valence-corrected chi connectivity index (χ3v) is 7.20. The van der Waals surface area contributed by atoms with Gasteiger partial charge in [0.25, 0.3) is 0 Å². The van der Waals surface area contributed by atoms with E-state index in [1.165, 1.54) is 92.2 Å². The molecule has 0 amide bonds. The summed E-state index contributed by atoms with van der Waals surface area (Å²) in [5.41, 5.74) is 4.13. The maximum absolute atomic E-state index is 4.33. The number of hydrogen-bond acceptors (Lipinski definition) is 3. The van der Waals surface area contributed by atoms with E-state index in [0.29, 0.717) is 5.92 Å². The highest BCUT2D eigenvalue weighted by molar-refractivity contribution is 6.07. The molecule has 1 aromatic carbocycles. The summed E-state index contributed by atoms with van der Waals surface area (Å²) in [5.74, 6) is 1.65. The molecule has 0 aliphatic carbocycles. The molecule has 0 unspecified atom stereocenters. The summed E-state index contributed by atoms with van der Waals surface area (Å²) in [7, 11) is 2.18. The number of nitrogens with zero attached hydrogens (tertiary/aromatic N) is 3. The average molecular weight is 377 g/mol. The maximum atomic E-state index is 4.33. The van der Waals surface area contributed by atoms with Gasteiger partial charge in [-0.05, 0) is 94.4 Å². The zero-order valence-corrected chi connectivity index (χ0v) is 17.0. The van der Waals surface area contributed by atoms with Crippen molar-refractivity contribution in [2.45, 2.75) is 38.0 Å². The lowest BCUT2D eigenvalue weighted by Crippen LogP contribution is -2.36. The Labute approximate surface area is 167 Å². The van der Waals surface area contributed by atoms with Crippen LogP contribution in [0.4, 0.5) is 0 Å². The molecule has 2 aromatic heterocycles. The van der Waals surface area contributed by atoms with Crippen molar-refractivity contribution in [1.29, 1.82) is 0 Å². The lowest BCUT2D eigenvalue weighted by Gasteiger charge is -2.33. The van der Waals surface area contributed by atoms with Crippen LogP contribution in [0.25, 0.3) is 21.8 Å². The summed E-state index contributed by atoms with van der Waals surface area (Å²) in [4.78, 5) is 7.03. The van der Waals surface area contributed by atoms with Crippen LogP contribution in [0.3, 0.4) is 0 Å². The molecule has 0 radical (unpaired) electrons. The van der Waals surface area contributed by atoms with Crippen LogP contribution in [0.5, 0.6) is 0 Å². The third kappa shape index (κ3) is 3.44. The quantitative estimate of drug-likeness (QED) is 0.737. The van der Waals surface area contributed by atoms with E-state index >= 15 is 0 Å². The summed E-state index contributed by atoms with van der Waals surface area (Å²) < 4.78 is 2.32. The summed E-state index contributed by atoms with van der Waals surface area (Å²) in [6, 6.07) is 9.24. The van der Waals surface area contributed by atoms with Gasteiger partial charge in [-0.1, -0.05) is 12.1 Å². The summed E-state index contributed by atoms with van der Waals surface area (Å²) >= 11 is 0. The Morgan fingerprint density at radius 3 is 2.64 bits per heavy atom. The van der Waals surface area contributed by atoms with Crippen LogP contribution in [0.2, 0.25) is 0 Å². The Morgan fingerprint density at radius 2 is 1.82 bits per heavy atom. The molecule has 0 spiro atoms. The van der Waals surface area contributed by atoms with Gasteiger partial charge < -0.3 is 14.8 Å². The molecular formula is C24H32N4. The molecule has 0 bridgehead atoms. The van der Waals surface area contributed by atoms with Gasteiger partial charge in [-0.3, -0.25) is 4.98 Å². The maximum Gasteiger partial charge on any atom is 0.0519 e. The predicted octanol–water partition coefficient (Wildman–Crippen LogP) is 4.30. The lowest BCUT2D eigenvalue weighted by atomic mass is 9.88. The summed E-state index contributed by atoms with van der Waals surface area (Å²) in [6.07, 6.45) is 10.6. The second kappa shape index (κ2) is 7.84. The van der Waals surface area contributed by atoms with Crippen LogP contribution in [0.15, 0.2) is 36.7 Å². The fraction of sp³-hybridized carbons (Fsp3) is 0.542. The van der Waals surface area contributed by atoms with Crippen molar-refractivity contribution >= 4 is 21.8 Å². The van der Waals surface area contributed by atoms with Crippen molar-refractivity contribution in [3.63, 3.8) is 0 Å². The second-order valence-corrected chi connectivity index (χ2v) is 8.83. The summed E-state index contributed by atoms with van der Waals surface area (Å²) in [5, 5.41) is 6.07. The molecule has 2 fully saturated rings. The highest BCUT2D eigenvalue weighted by Crippen LogP contribution is 2.33. The van der Waals surface area contributed by atoms with Crippen LogP contribution in [0, 0.1) is 5.92 Å². The van der Waals surface area contributed by atoms with Crippen LogP contribution in [0.1, 0.15) is 43.6 Å². The van der Waals surface area contributed by atoms with Gasteiger partial charge in [-0.15, -0.1) is 0 Å². The SMILES string of the molecule is Cn1c2ccncc2c2ccc(C3CCN(CCC4CCNCC4)CC3)cc21. The topological polar surface area (TPSA) is 33.1 Å². The minimum atomic E-state index is 0.704. The normalized spacial score (nSPS) is 20.3. The highest BCUT2D eigenvalue weighted by Gasteiger charge is 2.22. The number of pyridine rings is 1. The molecule has 0 atom stereocenters. The van der Waals surface area contributed by atoms with Gasteiger partial charge in [0, 0.05) is 35.7 Å². The van der Waals surface area contributed by atoms with Gasteiger partial charge in [-0.2, -0.15) is 0 Å². The molecule has 4 nitrogen and oxygen atoms in total. The molecule has 2 saturated heterocycles. The minimum Gasteiger partial charge on any atom is -0.344 e. The zero-order valence-electron chi connectivity index (χ0n) is 17.0. The first-order valence-electron chi connectivity index (χ1n) is 11.0. The summed E-state index contributed by atoms with van der Waals surface area (Å²) in [6.45, 7) is 6.25. The van der Waals surface area contributed by atoms with Crippen LogP contribution < -0.4 is 5.32 Å². The standard InChI is InChI=1S/C24H32N4/c1-27-23-6-12-26-17-22(23)21-3-2-20(16-24(21)27)19-8-14-28(15-9-19)13-7-18-4-10-25-11-5-18/h2-3,6,12,16-19,25H,4-5,7-11,13-15H2,1H3. The average Bonchev–Trinajstić information content (AvgIpc) is 3.05. The number of fused-ring (bicyclic) bond motifs is 3. The number of benzene rings is 1. The van der Waals surface area contributed by atoms with Gasteiger partial charge >= 0.3 is 0 Å². The first kappa shape index (κ1) is 18.1. The molecule has 4 heteroatoms. The Kier molecular flexibility index (Phi) is 5.08. The number of aryl methyl sites for hydroxylation is 1. The molecule has 1 N–H and O–H groups in total. The molecule has 5 rings (SSSR count). The van der Waals surface area contributed by atoms with E-state index in [1.807, 2.05) is 12.4 Å².